The number of nitrogens with one attached hydrogen (secondary N) is 1. The summed E-state index contributed by atoms with van der Waals surface area (Å²) >= 11 is 0. The monoisotopic (exact) mass is 228 g/mol. The summed E-state index contributed by atoms with van der Waals surface area (Å²) in [6.45, 7) is 0.724. The van der Waals surface area contributed by atoms with Crippen molar-refractivity contribution in [2.75, 3.05) is 11.9 Å². The highest BCUT2D eigenvalue weighted by Gasteiger charge is 1.97. The molecule has 0 saturated heterocycles. The highest BCUT2D eigenvalue weighted by Crippen LogP contribution is 2.15. The van der Waals surface area contributed by atoms with Crippen LogP contribution in [0.4, 0.5) is 11.5 Å². The summed E-state index contributed by atoms with van der Waals surface area (Å²) in [6, 6.07) is 8.27. The van der Waals surface area contributed by atoms with Gasteiger partial charge in [0.2, 0.25) is 0 Å². The van der Waals surface area contributed by atoms with Gasteiger partial charge in [0.25, 0.3) is 0 Å². The molecule has 0 spiro atoms. The van der Waals surface area contributed by atoms with Crippen molar-refractivity contribution in [1.82, 2.24) is 9.97 Å². The van der Waals surface area contributed by atoms with E-state index in [0.717, 1.165) is 30.9 Å². The van der Waals surface area contributed by atoms with Crippen LogP contribution in [0.2, 0.25) is 0 Å². The Balaban J connectivity index is 2.06. The number of anilines is 2. The number of nitrogens with two attached hydrogens (primary N) is 1. The quantitative estimate of drug-likeness (QED) is 0.822. The van der Waals surface area contributed by atoms with E-state index in [4.69, 9.17) is 5.73 Å². The Morgan fingerprint density at radius 1 is 1.24 bits per heavy atom. The van der Waals surface area contributed by atoms with Crippen LogP contribution >= 0.6 is 0 Å². The van der Waals surface area contributed by atoms with Crippen LogP contribution in [0.3, 0.4) is 0 Å². The summed E-state index contributed by atoms with van der Waals surface area (Å²) in [4.78, 5) is 8.18. The predicted octanol–water partition coefficient (Wildman–Crippen LogP) is 2.11. The lowest BCUT2D eigenvalue weighted by Crippen LogP contribution is -2.00. The summed E-state index contributed by atoms with van der Waals surface area (Å²) in [5.41, 5.74) is 7.81. The summed E-state index contributed by atoms with van der Waals surface area (Å²) in [5.74, 6) is 0.753. The van der Waals surface area contributed by atoms with Gasteiger partial charge in [0.1, 0.15) is 5.82 Å². The van der Waals surface area contributed by atoms with Crippen molar-refractivity contribution in [2.45, 2.75) is 12.8 Å². The molecule has 0 saturated carbocycles. The summed E-state index contributed by atoms with van der Waals surface area (Å²) in [7, 11) is 0. The Morgan fingerprint density at radius 3 is 2.94 bits per heavy atom. The fourth-order valence-electron chi connectivity index (χ4n) is 1.62. The zero-order valence-electron chi connectivity index (χ0n) is 9.63. The second-order valence-corrected chi connectivity index (χ2v) is 3.81. The van der Waals surface area contributed by atoms with E-state index in [0.29, 0.717) is 0 Å². The van der Waals surface area contributed by atoms with Gasteiger partial charge in [0.15, 0.2) is 0 Å². The maximum absolute atomic E-state index is 5.50. The lowest BCUT2D eigenvalue weighted by atomic mass is 10.1. The zero-order valence-corrected chi connectivity index (χ0v) is 9.63. The van der Waals surface area contributed by atoms with E-state index in [-0.39, 0.29) is 0 Å². The van der Waals surface area contributed by atoms with E-state index in [1.54, 1.807) is 18.6 Å². The van der Waals surface area contributed by atoms with Crippen molar-refractivity contribution in [1.29, 1.82) is 0 Å². The van der Waals surface area contributed by atoms with E-state index in [1.807, 2.05) is 12.1 Å². The molecular weight excluding hydrogens is 212 g/mol. The minimum atomic E-state index is 0.724. The summed E-state index contributed by atoms with van der Waals surface area (Å²) in [5, 5.41) is 3.22. The van der Waals surface area contributed by atoms with Crippen LogP contribution < -0.4 is 11.1 Å². The molecule has 1 aromatic carbocycles. The number of rotatable bonds is 5. The lowest BCUT2D eigenvalue weighted by molar-refractivity contribution is 0.833. The number of hydrogen-bond acceptors (Lipinski definition) is 4. The number of nitrogens with zero attached hydrogens (tertiary/aromatic N) is 2. The third-order valence-electron chi connectivity index (χ3n) is 2.43. The second-order valence-electron chi connectivity index (χ2n) is 3.81. The number of aryl methyl sites for hydroxylation is 1. The molecule has 1 aromatic heterocycles. The molecule has 0 atom stereocenters. The molecule has 4 nitrogen and oxygen atoms in total. The Bertz CT molecular complexity index is 456. The van der Waals surface area contributed by atoms with E-state index < -0.39 is 0 Å². The van der Waals surface area contributed by atoms with Crippen LogP contribution in [-0.2, 0) is 6.42 Å². The Hall–Kier alpha value is -1.94. The van der Waals surface area contributed by atoms with Crippen molar-refractivity contribution in [3.05, 3.63) is 48.4 Å². The molecule has 17 heavy (non-hydrogen) atoms. The molecule has 2 rings (SSSR count). The maximum atomic E-state index is 5.50. The Morgan fingerprint density at radius 2 is 2.18 bits per heavy atom. The molecular formula is C13H16N4. The van der Waals surface area contributed by atoms with Crippen molar-refractivity contribution in [2.24, 2.45) is 5.73 Å². The van der Waals surface area contributed by atoms with Gasteiger partial charge in [-0.2, -0.15) is 0 Å². The molecule has 0 aliphatic heterocycles. The van der Waals surface area contributed by atoms with Crippen LogP contribution in [0, 0.1) is 0 Å². The van der Waals surface area contributed by atoms with Gasteiger partial charge in [-0.25, -0.2) is 4.98 Å². The smallest absolute Gasteiger partial charge is 0.148 e. The normalized spacial score (nSPS) is 10.2. The average Bonchev–Trinajstić information content (AvgIpc) is 2.38. The SMILES string of the molecule is NCCCc1cccc(Nc2cnccn2)c1. The van der Waals surface area contributed by atoms with Gasteiger partial charge in [-0.15, -0.1) is 0 Å². The fraction of sp³-hybridized carbons (Fsp3) is 0.231. The van der Waals surface area contributed by atoms with Crippen molar-refractivity contribution < 1.29 is 0 Å². The first-order valence-corrected chi connectivity index (χ1v) is 5.70. The van der Waals surface area contributed by atoms with Gasteiger partial charge in [0.05, 0.1) is 6.20 Å². The summed E-state index contributed by atoms with van der Waals surface area (Å²) in [6.07, 6.45) is 7.04. The third kappa shape index (κ3) is 3.53. The van der Waals surface area contributed by atoms with Crippen molar-refractivity contribution >= 4 is 11.5 Å². The molecule has 1 heterocycles. The fourth-order valence-corrected chi connectivity index (χ4v) is 1.62. The highest BCUT2D eigenvalue weighted by molar-refractivity contribution is 5.56. The first-order valence-electron chi connectivity index (χ1n) is 5.70. The molecule has 0 unspecified atom stereocenters. The topological polar surface area (TPSA) is 63.8 Å². The minimum absolute atomic E-state index is 0.724. The molecule has 2 aromatic rings. The van der Waals surface area contributed by atoms with Crippen molar-refractivity contribution in [3.8, 4) is 0 Å². The zero-order chi connectivity index (χ0) is 11.9. The number of benzene rings is 1. The Labute approximate surface area is 101 Å². The van der Waals surface area contributed by atoms with Crippen LogP contribution in [0.15, 0.2) is 42.9 Å². The van der Waals surface area contributed by atoms with E-state index in [9.17, 15) is 0 Å². The van der Waals surface area contributed by atoms with Crippen LogP contribution in [0.25, 0.3) is 0 Å². The molecule has 3 N–H and O–H groups in total. The van der Waals surface area contributed by atoms with Gasteiger partial charge in [-0.05, 0) is 37.1 Å². The number of aromatic nitrogens is 2. The molecule has 88 valence electrons. The van der Waals surface area contributed by atoms with Gasteiger partial charge >= 0.3 is 0 Å². The van der Waals surface area contributed by atoms with Gasteiger partial charge < -0.3 is 11.1 Å². The van der Waals surface area contributed by atoms with E-state index >= 15 is 0 Å². The molecule has 0 fully saturated rings. The summed E-state index contributed by atoms with van der Waals surface area (Å²) < 4.78 is 0. The average molecular weight is 228 g/mol. The first-order chi connectivity index (χ1) is 8.38. The maximum Gasteiger partial charge on any atom is 0.148 e. The van der Waals surface area contributed by atoms with Crippen molar-refractivity contribution in [3.63, 3.8) is 0 Å². The largest absolute Gasteiger partial charge is 0.339 e. The van der Waals surface area contributed by atoms with Gasteiger partial charge in [-0.1, -0.05) is 12.1 Å². The first kappa shape index (κ1) is 11.5. The van der Waals surface area contributed by atoms with Gasteiger partial charge in [-0.3, -0.25) is 4.98 Å². The highest BCUT2D eigenvalue weighted by atomic mass is 15.0. The molecule has 0 aliphatic rings. The molecule has 0 radical (unpaired) electrons. The lowest BCUT2D eigenvalue weighted by Gasteiger charge is -2.06. The molecule has 0 bridgehead atoms. The second kappa shape index (κ2) is 5.96. The molecule has 0 amide bonds. The minimum Gasteiger partial charge on any atom is -0.339 e. The van der Waals surface area contributed by atoms with Crippen LogP contribution in [0.1, 0.15) is 12.0 Å². The molecule has 4 heteroatoms. The predicted molar refractivity (Wildman–Crippen MR) is 69.1 cm³/mol. The molecule has 0 aliphatic carbocycles. The van der Waals surface area contributed by atoms with Gasteiger partial charge in [0, 0.05) is 18.1 Å². The number of hydrogen-bond donors (Lipinski definition) is 2. The van der Waals surface area contributed by atoms with Crippen LogP contribution in [-0.4, -0.2) is 16.5 Å². The standard InChI is InChI=1S/C13H16N4/c14-6-2-4-11-3-1-5-12(9-11)17-13-10-15-7-8-16-13/h1,3,5,7-10H,2,4,6,14H2,(H,16,17). The van der Waals surface area contributed by atoms with E-state index in [2.05, 4.69) is 27.4 Å². The van der Waals surface area contributed by atoms with Crippen LogP contribution in [0.5, 0.6) is 0 Å². The Kier molecular flexibility index (Phi) is 4.05. The van der Waals surface area contributed by atoms with E-state index in [1.165, 1.54) is 5.56 Å². The third-order valence-corrected chi connectivity index (χ3v) is 2.43.